The molecule has 0 aliphatic carbocycles. The van der Waals surface area contributed by atoms with E-state index in [1.807, 2.05) is 30.3 Å². The first kappa shape index (κ1) is 16.1. The SMILES string of the molecule is N#Cc1cc(NC(=O)c2ccc(-c3ccccc3)[nH]c2=O)ccc1F. The fraction of sp³-hybridized carbons (Fsp3) is 0. The van der Waals surface area contributed by atoms with Crippen molar-refractivity contribution in [3.8, 4) is 17.3 Å². The highest BCUT2D eigenvalue weighted by Gasteiger charge is 2.13. The fourth-order valence-corrected chi connectivity index (χ4v) is 2.33. The molecule has 1 heterocycles. The molecule has 3 rings (SSSR count). The topological polar surface area (TPSA) is 85.8 Å². The van der Waals surface area contributed by atoms with Gasteiger partial charge >= 0.3 is 0 Å². The highest BCUT2D eigenvalue weighted by Crippen LogP contribution is 2.16. The number of halogens is 1. The molecular formula is C19H12FN3O2. The molecule has 2 N–H and O–H groups in total. The minimum absolute atomic E-state index is 0.0810. The molecule has 1 aromatic heterocycles. The third kappa shape index (κ3) is 3.46. The van der Waals surface area contributed by atoms with Crippen molar-refractivity contribution in [3.05, 3.63) is 88.0 Å². The number of aromatic amines is 1. The van der Waals surface area contributed by atoms with Gasteiger partial charge in [-0.3, -0.25) is 9.59 Å². The highest BCUT2D eigenvalue weighted by molar-refractivity contribution is 6.04. The lowest BCUT2D eigenvalue weighted by atomic mass is 10.1. The number of rotatable bonds is 3. The second kappa shape index (κ2) is 6.81. The molecule has 122 valence electrons. The van der Waals surface area contributed by atoms with Crippen LogP contribution >= 0.6 is 0 Å². The number of hydrogen-bond acceptors (Lipinski definition) is 3. The molecule has 0 aliphatic heterocycles. The summed E-state index contributed by atoms with van der Waals surface area (Å²) < 4.78 is 13.3. The van der Waals surface area contributed by atoms with Crippen LogP contribution in [0.4, 0.5) is 10.1 Å². The Kier molecular flexibility index (Phi) is 4.40. The van der Waals surface area contributed by atoms with Crippen LogP contribution in [-0.4, -0.2) is 10.9 Å². The molecule has 1 amide bonds. The normalized spacial score (nSPS) is 10.1. The monoisotopic (exact) mass is 333 g/mol. The smallest absolute Gasteiger partial charge is 0.261 e. The summed E-state index contributed by atoms with van der Waals surface area (Å²) in [5, 5.41) is 11.3. The number of nitrogens with zero attached hydrogens (tertiary/aromatic N) is 1. The van der Waals surface area contributed by atoms with Gasteiger partial charge in [-0.25, -0.2) is 4.39 Å². The van der Waals surface area contributed by atoms with Gasteiger partial charge in [0.25, 0.3) is 11.5 Å². The second-order valence-corrected chi connectivity index (χ2v) is 5.24. The Morgan fingerprint density at radius 2 is 1.84 bits per heavy atom. The number of amides is 1. The van der Waals surface area contributed by atoms with E-state index in [0.717, 1.165) is 11.6 Å². The van der Waals surface area contributed by atoms with Crippen molar-refractivity contribution < 1.29 is 9.18 Å². The maximum Gasteiger partial charge on any atom is 0.261 e. The van der Waals surface area contributed by atoms with E-state index >= 15 is 0 Å². The summed E-state index contributed by atoms with van der Waals surface area (Å²) >= 11 is 0. The van der Waals surface area contributed by atoms with Gasteiger partial charge in [0.15, 0.2) is 0 Å². The van der Waals surface area contributed by atoms with Crippen LogP contribution in [-0.2, 0) is 0 Å². The van der Waals surface area contributed by atoms with Crippen LogP contribution in [0.1, 0.15) is 15.9 Å². The molecule has 0 spiro atoms. The van der Waals surface area contributed by atoms with Gasteiger partial charge in [0.1, 0.15) is 17.4 Å². The third-order valence-electron chi connectivity index (χ3n) is 3.58. The maximum atomic E-state index is 13.3. The van der Waals surface area contributed by atoms with Crippen LogP contribution in [0.5, 0.6) is 0 Å². The zero-order valence-corrected chi connectivity index (χ0v) is 12.9. The average Bonchev–Trinajstić information content (AvgIpc) is 2.63. The molecular weight excluding hydrogens is 321 g/mol. The quantitative estimate of drug-likeness (QED) is 0.771. The number of nitriles is 1. The molecule has 0 saturated heterocycles. The largest absolute Gasteiger partial charge is 0.322 e. The van der Waals surface area contributed by atoms with Crippen LogP contribution in [0.2, 0.25) is 0 Å². The van der Waals surface area contributed by atoms with Crippen LogP contribution in [0, 0.1) is 17.1 Å². The molecule has 6 heteroatoms. The molecule has 0 bridgehead atoms. The van der Waals surface area contributed by atoms with E-state index in [1.54, 1.807) is 12.1 Å². The van der Waals surface area contributed by atoms with Gasteiger partial charge in [0, 0.05) is 11.4 Å². The summed E-state index contributed by atoms with van der Waals surface area (Å²) in [6, 6.07) is 17.6. The lowest BCUT2D eigenvalue weighted by Crippen LogP contribution is -2.23. The molecule has 0 aliphatic rings. The summed E-state index contributed by atoms with van der Waals surface area (Å²) in [5.41, 5.74) is 0.837. The Labute approximate surface area is 142 Å². The Morgan fingerprint density at radius 3 is 2.52 bits per heavy atom. The first-order valence-electron chi connectivity index (χ1n) is 7.38. The highest BCUT2D eigenvalue weighted by atomic mass is 19.1. The van der Waals surface area contributed by atoms with E-state index in [1.165, 1.54) is 18.2 Å². The maximum absolute atomic E-state index is 13.3. The number of nitrogens with one attached hydrogen (secondary N) is 2. The van der Waals surface area contributed by atoms with Crippen molar-refractivity contribution in [2.24, 2.45) is 0 Å². The Bertz CT molecular complexity index is 1040. The molecule has 25 heavy (non-hydrogen) atoms. The standard InChI is InChI=1S/C19H12FN3O2/c20-16-8-6-14(10-13(16)11-21)22-18(24)15-7-9-17(23-19(15)25)12-4-2-1-3-5-12/h1-10H,(H,22,24)(H,23,25). The number of benzene rings is 2. The van der Waals surface area contributed by atoms with Crippen molar-refractivity contribution in [2.45, 2.75) is 0 Å². The van der Waals surface area contributed by atoms with Crippen molar-refractivity contribution >= 4 is 11.6 Å². The van der Waals surface area contributed by atoms with Gasteiger partial charge < -0.3 is 10.3 Å². The number of pyridine rings is 1. The summed E-state index contributed by atoms with van der Waals surface area (Å²) in [5.74, 6) is -1.32. The third-order valence-corrected chi connectivity index (χ3v) is 3.58. The molecule has 0 unspecified atom stereocenters. The van der Waals surface area contributed by atoms with E-state index in [9.17, 15) is 14.0 Å². The van der Waals surface area contributed by atoms with Gasteiger partial charge in [-0.15, -0.1) is 0 Å². The summed E-state index contributed by atoms with van der Waals surface area (Å²) in [6.07, 6.45) is 0. The van der Waals surface area contributed by atoms with Gasteiger partial charge in [0.05, 0.1) is 5.56 Å². The number of hydrogen-bond donors (Lipinski definition) is 2. The molecule has 0 saturated carbocycles. The van der Waals surface area contributed by atoms with Crippen LogP contribution < -0.4 is 10.9 Å². The van der Waals surface area contributed by atoms with E-state index in [4.69, 9.17) is 5.26 Å². The van der Waals surface area contributed by atoms with E-state index < -0.39 is 17.3 Å². The molecule has 0 fully saturated rings. The lowest BCUT2D eigenvalue weighted by Gasteiger charge is -2.07. The minimum atomic E-state index is -0.675. The predicted octanol–water partition coefficient (Wildman–Crippen LogP) is 3.30. The van der Waals surface area contributed by atoms with Gasteiger partial charge in [-0.2, -0.15) is 5.26 Å². The first-order chi connectivity index (χ1) is 12.1. The van der Waals surface area contributed by atoms with E-state index in [2.05, 4.69) is 10.3 Å². The van der Waals surface area contributed by atoms with Gasteiger partial charge in [-0.05, 0) is 35.9 Å². The summed E-state index contributed by atoms with van der Waals surface area (Å²) in [4.78, 5) is 27.1. The Hall–Kier alpha value is -3.72. The van der Waals surface area contributed by atoms with Crippen LogP contribution in [0.3, 0.4) is 0 Å². The lowest BCUT2D eigenvalue weighted by molar-refractivity contribution is 0.102. The fourth-order valence-electron chi connectivity index (χ4n) is 2.33. The minimum Gasteiger partial charge on any atom is -0.322 e. The Balaban J connectivity index is 1.86. The molecule has 5 nitrogen and oxygen atoms in total. The average molecular weight is 333 g/mol. The number of carbonyl (C=O) groups is 1. The van der Waals surface area contributed by atoms with E-state index in [-0.39, 0.29) is 16.8 Å². The molecule has 0 radical (unpaired) electrons. The summed E-state index contributed by atoms with van der Waals surface area (Å²) in [7, 11) is 0. The Morgan fingerprint density at radius 1 is 1.08 bits per heavy atom. The molecule has 3 aromatic rings. The number of H-pyrrole nitrogens is 1. The summed E-state index contributed by atoms with van der Waals surface area (Å²) in [6.45, 7) is 0. The van der Waals surface area contributed by atoms with Crippen LogP contribution in [0.15, 0.2) is 65.5 Å². The molecule has 2 aromatic carbocycles. The van der Waals surface area contributed by atoms with Crippen molar-refractivity contribution in [2.75, 3.05) is 5.32 Å². The predicted molar refractivity (Wildman–Crippen MR) is 91.6 cm³/mol. The molecule has 0 atom stereocenters. The second-order valence-electron chi connectivity index (χ2n) is 5.24. The van der Waals surface area contributed by atoms with Crippen molar-refractivity contribution in [1.29, 1.82) is 5.26 Å². The zero-order chi connectivity index (χ0) is 17.8. The number of aromatic nitrogens is 1. The zero-order valence-electron chi connectivity index (χ0n) is 12.9. The number of carbonyl (C=O) groups excluding carboxylic acids is 1. The first-order valence-corrected chi connectivity index (χ1v) is 7.38. The van der Waals surface area contributed by atoms with Gasteiger partial charge in [-0.1, -0.05) is 30.3 Å². The van der Waals surface area contributed by atoms with Crippen molar-refractivity contribution in [1.82, 2.24) is 4.98 Å². The van der Waals surface area contributed by atoms with Crippen LogP contribution in [0.25, 0.3) is 11.3 Å². The van der Waals surface area contributed by atoms with E-state index in [0.29, 0.717) is 5.69 Å². The van der Waals surface area contributed by atoms with Crippen molar-refractivity contribution in [3.63, 3.8) is 0 Å². The number of anilines is 1. The van der Waals surface area contributed by atoms with Gasteiger partial charge in [0.2, 0.25) is 0 Å².